The molecule has 1 rings (SSSR count). The van der Waals surface area contributed by atoms with E-state index in [-0.39, 0.29) is 5.76 Å². The fourth-order valence-electron chi connectivity index (χ4n) is 0.709. The van der Waals surface area contributed by atoms with Crippen molar-refractivity contribution in [2.45, 2.75) is 6.92 Å². The summed E-state index contributed by atoms with van der Waals surface area (Å²) in [4.78, 5) is 24.8. The van der Waals surface area contributed by atoms with Gasteiger partial charge in [0.15, 0.2) is 5.89 Å². The highest BCUT2D eigenvalue weighted by Gasteiger charge is 2.11. The fourth-order valence-corrected chi connectivity index (χ4v) is 0.709. The Kier molecular flexibility index (Phi) is 2.63. The molecule has 13 heavy (non-hydrogen) atoms. The minimum absolute atomic E-state index is 0.0127. The lowest BCUT2D eigenvalue weighted by Crippen LogP contribution is -2.28. The van der Waals surface area contributed by atoms with Crippen molar-refractivity contribution >= 4 is 11.9 Å². The number of oxazole rings is 1. The summed E-state index contributed by atoms with van der Waals surface area (Å²) in [6, 6.07) is 0. The Morgan fingerprint density at radius 3 is 2.85 bits per heavy atom. The highest BCUT2D eigenvalue weighted by molar-refractivity contribution is 5.92. The molecule has 0 saturated heterocycles. The first-order valence-corrected chi connectivity index (χ1v) is 3.52. The molecule has 2 N–H and O–H groups in total. The number of amides is 1. The van der Waals surface area contributed by atoms with Crippen LogP contribution in [-0.4, -0.2) is 28.5 Å². The number of nitrogens with zero attached hydrogens (tertiary/aromatic N) is 1. The van der Waals surface area contributed by atoms with E-state index in [0.29, 0.717) is 5.89 Å². The maximum Gasteiger partial charge on any atom is 0.322 e. The first kappa shape index (κ1) is 9.24. The second kappa shape index (κ2) is 3.70. The maximum absolute atomic E-state index is 11.1. The number of rotatable bonds is 3. The van der Waals surface area contributed by atoms with Crippen molar-refractivity contribution < 1.29 is 19.1 Å². The van der Waals surface area contributed by atoms with Crippen LogP contribution in [0.2, 0.25) is 0 Å². The van der Waals surface area contributed by atoms with Gasteiger partial charge < -0.3 is 14.8 Å². The van der Waals surface area contributed by atoms with E-state index in [1.807, 2.05) is 0 Å². The van der Waals surface area contributed by atoms with E-state index in [0.717, 1.165) is 0 Å². The zero-order valence-electron chi connectivity index (χ0n) is 6.90. The lowest BCUT2D eigenvalue weighted by Gasteiger charge is -1.96. The van der Waals surface area contributed by atoms with Crippen LogP contribution in [0.4, 0.5) is 0 Å². The highest BCUT2D eigenvalue weighted by atomic mass is 16.4. The van der Waals surface area contributed by atoms with E-state index in [9.17, 15) is 9.59 Å². The van der Waals surface area contributed by atoms with Gasteiger partial charge in [-0.3, -0.25) is 9.59 Å². The summed E-state index contributed by atoms with van der Waals surface area (Å²) >= 11 is 0. The van der Waals surface area contributed by atoms with Gasteiger partial charge in [0.2, 0.25) is 5.76 Å². The molecule has 0 radical (unpaired) electrons. The lowest BCUT2D eigenvalue weighted by molar-refractivity contribution is -0.135. The molecule has 6 heteroatoms. The Hall–Kier alpha value is -1.85. The topological polar surface area (TPSA) is 92.4 Å². The highest BCUT2D eigenvalue weighted by Crippen LogP contribution is 2.00. The molecule has 0 aliphatic rings. The van der Waals surface area contributed by atoms with Crippen molar-refractivity contribution in [3.8, 4) is 0 Å². The van der Waals surface area contributed by atoms with E-state index in [1.165, 1.54) is 6.20 Å². The van der Waals surface area contributed by atoms with Gasteiger partial charge in [0.05, 0.1) is 6.20 Å². The largest absolute Gasteiger partial charge is 0.480 e. The zero-order valence-corrected chi connectivity index (χ0v) is 6.90. The summed E-state index contributed by atoms with van der Waals surface area (Å²) in [5.74, 6) is -1.31. The van der Waals surface area contributed by atoms with E-state index >= 15 is 0 Å². The lowest BCUT2D eigenvalue weighted by atomic mass is 10.4. The van der Waals surface area contributed by atoms with Crippen LogP contribution < -0.4 is 5.32 Å². The van der Waals surface area contributed by atoms with Crippen LogP contribution in [-0.2, 0) is 4.79 Å². The third-order valence-electron chi connectivity index (χ3n) is 1.25. The van der Waals surface area contributed by atoms with E-state index in [2.05, 4.69) is 10.3 Å². The average Bonchev–Trinajstić information content (AvgIpc) is 2.47. The predicted octanol–water partition coefficient (Wildman–Crippen LogP) is -0.203. The van der Waals surface area contributed by atoms with Crippen molar-refractivity contribution in [1.82, 2.24) is 10.3 Å². The van der Waals surface area contributed by atoms with E-state index < -0.39 is 18.4 Å². The van der Waals surface area contributed by atoms with Crippen LogP contribution in [0.1, 0.15) is 16.4 Å². The van der Waals surface area contributed by atoms with Gasteiger partial charge in [-0.05, 0) is 0 Å². The molecule has 1 aromatic heterocycles. The molecule has 1 amide bonds. The van der Waals surface area contributed by atoms with Crippen molar-refractivity contribution in [3.63, 3.8) is 0 Å². The SMILES string of the molecule is Cc1ncc(C(=O)NCC(=O)O)o1. The van der Waals surface area contributed by atoms with Crippen molar-refractivity contribution in [3.05, 3.63) is 17.8 Å². The van der Waals surface area contributed by atoms with Crippen molar-refractivity contribution in [2.24, 2.45) is 0 Å². The van der Waals surface area contributed by atoms with Gasteiger partial charge in [-0.25, -0.2) is 4.98 Å². The second-order valence-corrected chi connectivity index (χ2v) is 2.32. The number of aliphatic carboxylic acids is 1. The number of carboxylic acid groups (broad SMARTS) is 1. The minimum atomic E-state index is -1.11. The van der Waals surface area contributed by atoms with Crippen LogP contribution in [0.25, 0.3) is 0 Å². The van der Waals surface area contributed by atoms with Gasteiger partial charge in [0.25, 0.3) is 5.91 Å². The van der Waals surface area contributed by atoms with Gasteiger partial charge in [0.1, 0.15) is 6.54 Å². The van der Waals surface area contributed by atoms with Crippen molar-refractivity contribution in [2.75, 3.05) is 6.54 Å². The number of carboxylic acids is 1. The smallest absolute Gasteiger partial charge is 0.322 e. The number of hydrogen-bond acceptors (Lipinski definition) is 4. The normalized spacial score (nSPS) is 9.62. The van der Waals surface area contributed by atoms with Gasteiger partial charge in [-0.2, -0.15) is 0 Å². The van der Waals surface area contributed by atoms with E-state index in [1.54, 1.807) is 6.92 Å². The third-order valence-corrected chi connectivity index (χ3v) is 1.25. The number of carbonyl (C=O) groups is 2. The molecule has 1 aromatic rings. The Labute approximate surface area is 73.6 Å². The molecule has 0 spiro atoms. The Bertz CT molecular complexity index is 331. The summed E-state index contributed by atoms with van der Waals surface area (Å²) in [5.41, 5.74) is 0. The molecule has 6 nitrogen and oxygen atoms in total. The van der Waals surface area contributed by atoms with E-state index in [4.69, 9.17) is 9.52 Å². The standard InChI is InChI=1S/C7H8N2O4/c1-4-8-2-5(13-4)7(12)9-3-6(10)11/h2H,3H2,1H3,(H,9,12)(H,10,11). The molecule has 0 aromatic carbocycles. The molecule has 0 bridgehead atoms. The number of nitrogens with one attached hydrogen (secondary N) is 1. The Morgan fingerprint density at radius 1 is 1.69 bits per heavy atom. The fraction of sp³-hybridized carbons (Fsp3) is 0.286. The van der Waals surface area contributed by atoms with Crippen LogP contribution in [0.15, 0.2) is 10.6 Å². The van der Waals surface area contributed by atoms with Crippen LogP contribution >= 0.6 is 0 Å². The number of aromatic nitrogens is 1. The summed E-state index contributed by atoms with van der Waals surface area (Å²) in [6.45, 7) is 1.16. The molecule has 1 heterocycles. The van der Waals surface area contributed by atoms with Crippen LogP contribution in [0.3, 0.4) is 0 Å². The van der Waals surface area contributed by atoms with Crippen LogP contribution in [0, 0.1) is 6.92 Å². The zero-order chi connectivity index (χ0) is 9.84. The minimum Gasteiger partial charge on any atom is -0.480 e. The van der Waals surface area contributed by atoms with Gasteiger partial charge in [0, 0.05) is 6.92 Å². The molecule has 70 valence electrons. The second-order valence-electron chi connectivity index (χ2n) is 2.32. The number of hydrogen-bond donors (Lipinski definition) is 2. The average molecular weight is 184 g/mol. The molecular weight excluding hydrogens is 176 g/mol. The first-order chi connectivity index (χ1) is 6.09. The molecule has 0 atom stereocenters. The number of carbonyl (C=O) groups excluding carboxylic acids is 1. The van der Waals surface area contributed by atoms with Gasteiger partial charge in [-0.15, -0.1) is 0 Å². The molecule has 0 aliphatic carbocycles. The van der Waals surface area contributed by atoms with Crippen molar-refractivity contribution in [1.29, 1.82) is 0 Å². The molecule has 0 saturated carbocycles. The predicted molar refractivity (Wildman–Crippen MR) is 41.2 cm³/mol. The van der Waals surface area contributed by atoms with Gasteiger partial charge >= 0.3 is 5.97 Å². The molecular formula is C7H8N2O4. The monoisotopic (exact) mass is 184 g/mol. The first-order valence-electron chi connectivity index (χ1n) is 3.52. The molecule has 0 aliphatic heterocycles. The summed E-state index contributed by atoms with van der Waals surface area (Å²) in [5, 5.41) is 10.4. The quantitative estimate of drug-likeness (QED) is 0.678. The van der Waals surface area contributed by atoms with Crippen LogP contribution in [0.5, 0.6) is 0 Å². The maximum atomic E-state index is 11.1. The molecule has 0 fully saturated rings. The Morgan fingerprint density at radius 2 is 2.38 bits per heavy atom. The summed E-state index contributed by atoms with van der Waals surface area (Å²) < 4.78 is 4.86. The Balaban J connectivity index is 2.54. The third kappa shape index (κ3) is 2.58. The number of aryl methyl sites for hydroxylation is 1. The summed E-state index contributed by atoms with van der Waals surface area (Å²) in [6.07, 6.45) is 1.24. The van der Waals surface area contributed by atoms with Gasteiger partial charge in [-0.1, -0.05) is 0 Å². The molecule has 0 unspecified atom stereocenters. The summed E-state index contributed by atoms with van der Waals surface area (Å²) in [7, 11) is 0.